The van der Waals surface area contributed by atoms with Crippen LogP contribution in [0.4, 0.5) is 42.6 Å². The number of methoxy groups -OCH3 is 1. The van der Waals surface area contributed by atoms with Crippen LogP contribution in [0, 0.1) is 10.1 Å². The van der Waals surface area contributed by atoms with Gasteiger partial charge in [0.15, 0.2) is 0 Å². The molecular weight excluding hydrogens is 700 g/mol. The zero-order valence-electron chi connectivity index (χ0n) is 28.0. The van der Waals surface area contributed by atoms with Crippen molar-refractivity contribution < 1.29 is 64.6 Å². The lowest BCUT2D eigenvalue weighted by atomic mass is 9.95. The zero-order chi connectivity index (χ0) is 38.2. The molecule has 1 aliphatic heterocycles. The molecule has 1 saturated heterocycles. The van der Waals surface area contributed by atoms with Gasteiger partial charge in [-0.1, -0.05) is 30.3 Å². The molecular formula is C31H37F6N5O9. The second-order valence-electron chi connectivity index (χ2n) is 12.3. The largest absolute Gasteiger partial charge is 0.464 e. The Morgan fingerprint density at radius 3 is 2.29 bits per heavy atom. The van der Waals surface area contributed by atoms with Crippen molar-refractivity contribution in [2.75, 3.05) is 31.8 Å². The number of hydrazine groups is 1. The summed E-state index contributed by atoms with van der Waals surface area (Å²) in [5, 5.41) is 11.5. The number of nitro groups is 1. The van der Waals surface area contributed by atoms with E-state index in [9.17, 15) is 50.8 Å². The fourth-order valence-corrected chi connectivity index (χ4v) is 5.13. The lowest BCUT2D eigenvalue weighted by Crippen LogP contribution is -2.62. The van der Waals surface area contributed by atoms with Gasteiger partial charge in [0.05, 0.1) is 31.3 Å². The molecule has 2 amide bonds. The second-order valence-corrected chi connectivity index (χ2v) is 12.3. The summed E-state index contributed by atoms with van der Waals surface area (Å²) in [5.74, 6) is -3.86. The Labute approximate surface area is 287 Å². The number of carbonyl (C=O) groups excluding carboxylic acids is 3. The van der Waals surface area contributed by atoms with E-state index in [0.29, 0.717) is 12.0 Å². The number of nitrogens with zero attached hydrogens (tertiary/aromatic N) is 3. The highest BCUT2D eigenvalue weighted by molar-refractivity contribution is 5.92. The molecule has 2 atom stereocenters. The number of hydrogen-bond acceptors (Lipinski definition) is 11. The van der Waals surface area contributed by atoms with Crippen LogP contribution in [0.25, 0.3) is 0 Å². The van der Waals surface area contributed by atoms with E-state index in [-0.39, 0.29) is 25.6 Å². The summed E-state index contributed by atoms with van der Waals surface area (Å²) in [6.45, 7) is 3.10. The van der Waals surface area contributed by atoms with Crippen molar-refractivity contribution in [2.24, 2.45) is 0 Å². The number of anilines is 1. The first kappa shape index (κ1) is 40.7. The van der Waals surface area contributed by atoms with Crippen molar-refractivity contribution >= 4 is 29.5 Å². The average Bonchev–Trinajstić information content (AvgIpc) is 3.51. The number of nitrogens with one attached hydrogen (secondary N) is 2. The van der Waals surface area contributed by atoms with Gasteiger partial charge in [-0.25, -0.2) is 20.0 Å². The summed E-state index contributed by atoms with van der Waals surface area (Å²) in [7, 11) is 0.874. The van der Waals surface area contributed by atoms with Gasteiger partial charge >= 0.3 is 30.1 Å². The maximum atomic E-state index is 14.7. The summed E-state index contributed by atoms with van der Waals surface area (Å²) in [6.07, 6.45) is -12.5. The predicted molar refractivity (Wildman–Crippen MR) is 165 cm³/mol. The van der Waals surface area contributed by atoms with Crippen LogP contribution in [0.5, 0.6) is 0 Å². The van der Waals surface area contributed by atoms with Crippen LogP contribution in [0.2, 0.25) is 0 Å². The SMILES string of the molecule is COC(=O)c1nc(N2CCC[C@H]2COCCCC(OCc2ccccc2)(C(=O)NNC(=O)OC(C)(C)C)C(F)(F)F)c(C(F)(F)F)cc1[N+](=O)[O-]. The molecule has 0 saturated carbocycles. The van der Waals surface area contributed by atoms with Crippen LogP contribution in [-0.4, -0.2) is 78.2 Å². The molecule has 2 N–H and O–H groups in total. The van der Waals surface area contributed by atoms with Crippen LogP contribution in [0.15, 0.2) is 36.4 Å². The number of pyridine rings is 1. The number of carbonyl (C=O) groups is 3. The summed E-state index contributed by atoms with van der Waals surface area (Å²) in [4.78, 5) is 52.4. The van der Waals surface area contributed by atoms with Crippen LogP contribution in [0.3, 0.4) is 0 Å². The normalized spacial score (nSPS) is 16.3. The van der Waals surface area contributed by atoms with Crippen LogP contribution >= 0.6 is 0 Å². The number of hydrogen-bond donors (Lipinski definition) is 2. The summed E-state index contributed by atoms with van der Waals surface area (Å²) >= 11 is 0. The fraction of sp³-hybridized carbons (Fsp3) is 0.548. The molecule has 14 nitrogen and oxygen atoms in total. The molecule has 20 heteroatoms. The van der Waals surface area contributed by atoms with E-state index in [4.69, 9.17) is 14.2 Å². The third-order valence-corrected chi connectivity index (χ3v) is 7.47. The first-order chi connectivity index (χ1) is 23.7. The smallest absolute Gasteiger partial charge is 0.426 e. The van der Waals surface area contributed by atoms with Crippen molar-refractivity contribution in [2.45, 2.75) is 82.7 Å². The molecule has 0 spiro atoms. The van der Waals surface area contributed by atoms with E-state index in [1.54, 1.807) is 29.1 Å². The molecule has 3 rings (SSSR count). The van der Waals surface area contributed by atoms with E-state index < -0.39 is 101 Å². The quantitative estimate of drug-likeness (QED) is 0.0858. The summed E-state index contributed by atoms with van der Waals surface area (Å²) in [6, 6.07) is 7.06. The monoisotopic (exact) mass is 737 g/mol. The molecule has 2 aromatic rings. The standard InChI is InChI=1S/C31H37F6N5O9/c1-28(2,3)51-27(45)40-39-26(44)29(31(35,36)37,50-17-19-10-6-5-7-11-19)13-9-15-49-18-20-12-8-14-41(20)24-21(30(32,33)34)16-22(42(46)47)23(38-24)25(43)48-4/h5-7,10-11,16,20H,8-9,12-15,17-18H2,1-4H3,(H,39,44)(H,40,45)/t20-,29?/m0/s1. The average molecular weight is 738 g/mol. The predicted octanol–water partition coefficient (Wildman–Crippen LogP) is 5.63. The second kappa shape index (κ2) is 16.5. The van der Waals surface area contributed by atoms with Crippen molar-refractivity contribution in [1.29, 1.82) is 0 Å². The molecule has 1 fully saturated rings. The number of amides is 2. The van der Waals surface area contributed by atoms with Gasteiger partial charge in [-0.2, -0.15) is 26.3 Å². The molecule has 2 heterocycles. The van der Waals surface area contributed by atoms with Gasteiger partial charge in [-0.15, -0.1) is 0 Å². The van der Waals surface area contributed by atoms with Crippen molar-refractivity contribution in [3.8, 4) is 0 Å². The number of ether oxygens (including phenoxy) is 4. The molecule has 0 bridgehead atoms. The Morgan fingerprint density at radius 2 is 1.73 bits per heavy atom. The number of alkyl halides is 6. The van der Waals surface area contributed by atoms with E-state index in [2.05, 4.69) is 9.72 Å². The molecule has 0 radical (unpaired) electrons. The van der Waals surface area contributed by atoms with Gasteiger partial charge in [0, 0.05) is 19.2 Å². The molecule has 1 unspecified atom stereocenters. The van der Waals surface area contributed by atoms with E-state index in [1.165, 1.54) is 32.9 Å². The number of aromatic nitrogens is 1. The summed E-state index contributed by atoms with van der Waals surface area (Å²) < 4.78 is 106. The van der Waals surface area contributed by atoms with Crippen LogP contribution in [0.1, 0.15) is 68.1 Å². The minimum Gasteiger partial charge on any atom is -0.464 e. The van der Waals surface area contributed by atoms with Crippen LogP contribution < -0.4 is 15.8 Å². The molecule has 282 valence electrons. The summed E-state index contributed by atoms with van der Waals surface area (Å²) in [5.41, 5.74) is -4.35. The maximum Gasteiger partial charge on any atom is 0.426 e. The molecule has 51 heavy (non-hydrogen) atoms. The number of rotatable bonds is 13. The molecule has 1 aromatic carbocycles. The fourth-order valence-electron chi connectivity index (χ4n) is 5.13. The molecule has 1 aromatic heterocycles. The Hall–Kier alpha value is -4.72. The zero-order valence-corrected chi connectivity index (χ0v) is 28.0. The Balaban J connectivity index is 1.79. The third-order valence-electron chi connectivity index (χ3n) is 7.47. The minimum absolute atomic E-state index is 0.0160. The highest BCUT2D eigenvalue weighted by Gasteiger charge is 2.61. The van der Waals surface area contributed by atoms with E-state index in [1.807, 2.05) is 0 Å². The third kappa shape index (κ3) is 10.6. The lowest BCUT2D eigenvalue weighted by Gasteiger charge is -2.34. The van der Waals surface area contributed by atoms with Crippen molar-refractivity contribution in [1.82, 2.24) is 15.8 Å². The number of esters is 1. The highest BCUT2D eigenvalue weighted by atomic mass is 19.4. The maximum absolute atomic E-state index is 14.7. The lowest BCUT2D eigenvalue weighted by molar-refractivity contribution is -0.385. The topological polar surface area (TPSA) is 171 Å². The minimum atomic E-state index is -5.31. The van der Waals surface area contributed by atoms with Gasteiger partial charge in [-0.3, -0.25) is 20.3 Å². The molecule has 0 aliphatic carbocycles. The van der Waals surface area contributed by atoms with E-state index >= 15 is 0 Å². The van der Waals surface area contributed by atoms with Gasteiger partial charge in [0.25, 0.3) is 5.91 Å². The first-order valence-electron chi connectivity index (χ1n) is 15.4. The van der Waals surface area contributed by atoms with Gasteiger partial charge in [0.2, 0.25) is 11.3 Å². The van der Waals surface area contributed by atoms with Crippen molar-refractivity contribution in [3.63, 3.8) is 0 Å². The first-order valence-corrected chi connectivity index (χ1v) is 15.4. The van der Waals surface area contributed by atoms with Crippen molar-refractivity contribution in [3.05, 3.63) is 63.3 Å². The highest BCUT2D eigenvalue weighted by Crippen LogP contribution is 2.41. The van der Waals surface area contributed by atoms with Crippen LogP contribution in [-0.2, 0) is 36.5 Å². The number of benzene rings is 1. The Morgan fingerprint density at radius 1 is 1.06 bits per heavy atom. The van der Waals surface area contributed by atoms with Gasteiger partial charge in [-0.05, 0) is 52.0 Å². The molecule has 1 aliphatic rings. The van der Waals surface area contributed by atoms with Gasteiger partial charge in [0.1, 0.15) is 17.0 Å². The Kier molecular flexibility index (Phi) is 13.2. The number of halogens is 6. The Bertz CT molecular complexity index is 1550. The van der Waals surface area contributed by atoms with E-state index in [0.717, 1.165) is 12.0 Å². The van der Waals surface area contributed by atoms with Gasteiger partial charge < -0.3 is 23.8 Å².